The van der Waals surface area contributed by atoms with Crippen LogP contribution in [0.4, 0.5) is 4.39 Å². The second kappa shape index (κ2) is 5.61. The summed E-state index contributed by atoms with van der Waals surface area (Å²) in [7, 11) is 0. The van der Waals surface area contributed by atoms with E-state index in [9.17, 15) is 9.50 Å². The van der Waals surface area contributed by atoms with Crippen molar-refractivity contribution >= 4 is 0 Å². The van der Waals surface area contributed by atoms with Gasteiger partial charge in [0.2, 0.25) is 0 Å². The zero-order chi connectivity index (χ0) is 12.3. The molecule has 1 aromatic carbocycles. The van der Waals surface area contributed by atoms with E-state index in [1.807, 2.05) is 19.1 Å². The van der Waals surface area contributed by atoms with E-state index in [4.69, 9.17) is 0 Å². The van der Waals surface area contributed by atoms with Crippen LogP contribution in [0.3, 0.4) is 0 Å². The lowest BCUT2D eigenvalue weighted by Gasteiger charge is -2.22. The van der Waals surface area contributed by atoms with Crippen molar-refractivity contribution in [2.45, 2.75) is 50.8 Å². The summed E-state index contributed by atoms with van der Waals surface area (Å²) in [6.07, 6.45) is 3.40. The maximum Gasteiger partial charge on any atom is 0.126 e. The van der Waals surface area contributed by atoms with Gasteiger partial charge in [0.1, 0.15) is 5.82 Å². The molecule has 1 aromatic rings. The second-order valence-corrected chi connectivity index (χ2v) is 4.97. The molecule has 0 saturated heterocycles. The molecule has 3 heteroatoms. The molecule has 1 aliphatic rings. The number of nitrogens with one attached hydrogen (secondary N) is 1. The van der Waals surface area contributed by atoms with Gasteiger partial charge in [-0.1, -0.05) is 18.2 Å². The molecular weight excluding hydrogens is 217 g/mol. The van der Waals surface area contributed by atoms with Gasteiger partial charge in [0.05, 0.1) is 6.10 Å². The minimum atomic E-state index is -0.238. The van der Waals surface area contributed by atoms with Crippen LogP contribution >= 0.6 is 0 Å². The number of hydrogen-bond donors (Lipinski definition) is 2. The maximum absolute atomic E-state index is 13.5. The van der Waals surface area contributed by atoms with Gasteiger partial charge in [0.25, 0.3) is 0 Å². The average Bonchev–Trinajstić information content (AvgIpc) is 2.68. The highest BCUT2D eigenvalue weighted by Gasteiger charge is 2.26. The Bertz CT molecular complexity index is 369. The van der Waals surface area contributed by atoms with Gasteiger partial charge in [-0.05, 0) is 44.2 Å². The van der Waals surface area contributed by atoms with E-state index < -0.39 is 0 Å². The largest absolute Gasteiger partial charge is 0.392 e. The van der Waals surface area contributed by atoms with Crippen LogP contribution in [0.5, 0.6) is 0 Å². The van der Waals surface area contributed by atoms with Crippen LogP contribution in [0, 0.1) is 5.82 Å². The standard InChI is InChI=1S/C14H20FNO/c1-10(16-13-7-4-8-14(13)17)9-11-5-2-3-6-12(11)15/h2-3,5-6,10,13-14,16-17H,4,7-9H2,1H3/t10-,13+,14+/m1/s1. The van der Waals surface area contributed by atoms with E-state index in [0.717, 1.165) is 24.8 Å². The highest BCUT2D eigenvalue weighted by molar-refractivity contribution is 5.18. The van der Waals surface area contributed by atoms with Crippen LogP contribution in [0.25, 0.3) is 0 Å². The fourth-order valence-electron chi connectivity index (χ4n) is 2.55. The molecule has 0 amide bonds. The van der Waals surface area contributed by atoms with Gasteiger partial charge in [-0.15, -0.1) is 0 Å². The molecule has 2 N–H and O–H groups in total. The highest BCUT2D eigenvalue weighted by Crippen LogP contribution is 2.20. The van der Waals surface area contributed by atoms with Crippen molar-refractivity contribution in [3.05, 3.63) is 35.6 Å². The van der Waals surface area contributed by atoms with Crippen molar-refractivity contribution in [1.82, 2.24) is 5.32 Å². The van der Waals surface area contributed by atoms with E-state index in [-0.39, 0.29) is 24.0 Å². The van der Waals surface area contributed by atoms with Crippen molar-refractivity contribution in [2.24, 2.45) is 0 Å². The van der Waals surface area contributed by atoms with Crippen LogP contribution in [-0.4, -0.2) is 23.3 Å². The number of benzene rings is 1. The summed E-state index contributed by atoms with van der Waals surface area (Å²) in [5.74, 6) is -0.145. The lowest BCUT2D eigenvalue weighted by Crippen LogP contribution is -2.42. The lowest BCUT2D eigenvalue weighted by molar-refractivity contribution is 0.144. The minimum absolute atomic E-state index is 0.145. The molecule has 2 nitrogen and oxygen atoms in total. The first-order valence-electron chi connectivity index (χ1n) is 6.34. The molecule has 0 radical (unpaired) electrons. The van der Waals surface area contributed by atoms with Crippen LogP contribution < -0.4 is 5.32 Å². The minimum Gasteiger partial charge on any atom is -0.392 e. The molecule has 0 aliphatic heterocycles. The fraction of sp³-hybridized carbons (Fsp3) is 0.571. The molecule has 2 rings (SSSR count). The number of aliphatic hydroxyl groups is 1. The second-order valence-electron chi connectivity index (χ2n) is 4.97. The van der Waals surface area contributed by atoms with E-state index in [1.165, 1.54) is 6.07 Å². The summed E-state index contributed by atoms with van der Waals surface area (Å²) in [5, 5.41) is 13.1. The van der Waals surface area contributed by atoms with Crippen LogP contribution in [0.2, 0.25) is 0 Å². The Morgan fingerprint density at radius 1 is 1.41 bits per heavy atom. The van der Waals surface area contributed by atoms with Crippen molar-refractivity contribution in [3.8, 4) is 0 Å². The highest BCUT2D eigenvalue weighted by atomic mass is 19.1. The smallest absolute Gasteiger partial charge is 0.126 e. The summed E-state index contributed by atoms with van der Waals surface area (Å²) >= 11 is 0. The van der Waals surface area contributed by atoms with Gasteiger partial charge in [-0.25, -0.2) is 4.39 Å². The van der Waals surface area contributed by atoms with E-state index in [2.05, 4.69) is 5.32 Å². The van der Waals surface area contributed by atoms with E-state index >= 15 is 0 Å². The van der Waals surface area contributed by atoms with Gasteiger partial charge in [-0.2, -0.15) is 0 Å². The maximum atomic E-state index is 13.5. The summed E-state index contributed by atoms with van der Waals surface area (Å²) in [6.45, 7) is 2.04. The van der Waals surface area contributed by atoms with Crippen LogP contribution in [-0.2, 0) is 6.42 Å². The van der Waals surface area contributed by atoms with Gasteiger partial charge in [-0.3, -0.25) is 0 Å². The van der Waals surface area contributed by atoms with Crippen molar-refractivity contribution in [1.29, 1.82) is 0 Å². The van der Waals surface area contributed by atoms with Gasteiger partial charge < -0.3 is 10.4 Å². The first kappa shape index (κ1) is 12.5. The van der Waals surface area contributed by atoms with Crippen LogP contribution in [0.15, 0.2) is 24.3 Å². The van der Waals surface area contributed by atoms with Crippen molar-refractivity contribution in [3.63, 3.8) is 0 Å². The van der Waals surface area contributed by atoms with E-state index in [1.54, 1.807) is 6.07 Å². The van der Waals surface area contributed by atoms with E-state index in [0.29, 0.717) is 6.42 Å². The molecule has 1 saturated carbocycles. The summed E-state index contributed by atoms with van der Waals surface area (Å²) < 4.78 is 13.5. The fourth-order valence-corrected chi connectivity index (χ4v) is 2.55. The molecule has 1 fully saturated rings. The molecule has 0 heterocycles. The quantitative estimate of drug-likeness (QED) is 0.842. The SMILES string of the molecule is C[C@H](Cc1ccccc1F)N[C@H]1CCC[C@@H]1O. The molecule has 17 heavy (non-hydrogen) atoms. The van der Waals surface area contributed by atoms with Crippen molar-refractivity contribution in [2.75, 3.05) is 0 Å². The molecule has 0 bridgehead atoms. The lowest BCUT2D eigenvalue weighted by atomic mass is 10.1. The summed E-state index contributed by atoms with van der Waals surface area (Å²) in [5.41, 5.74) is 0.736. The Morgan fingerprint density at radius 3 is 2.82 bits per heavy atom. The van der Waals surface area contributed by atoms with Gasteiger partial charge in [0.15, 0.2) is 0 Å². The predicted octanol–water partition coefficient (Wildman–Crippen LogP) is 2.26. The summed E-state index contributed by atoms with van der Waals surface area (Å²) in [4.78, 5) is 0. The molecular formula is C14H20FNO. The Morgan fingerprint density at radius 2 is 2.18 bits per heavy atom. The molecule has 0 aromatic heterocycles. The Labute approximate surface area is 102 Å². The molecule has 0 spiro atoms. The third kappa shape index (κ3) is 3.27. The number of halogens is 1. The zero-order valence-corrected chi connectivity index (χ0v) is 10.2. The summed E-state index contributed by atoms with van der Waals surface area (Å²) in [6, 6.07) is 7.24. The monoisotopic (exact) mass is 237 g/mol. The topological polar surface area (TPSA) is 32.3 Å². The van der Waals surface area contributed by atoms with Gasteiger partial charge in [0, 0.05) is 12.1 Å². The normalized spacial score (nSPS) is 26.1. The Kier molecular flexibility index (Phi) is 4.13. The number of hydrogen-bond acceptors (Lipinski definition) is 2. The Hall–Kier alpha value is -0.930. The molecule has 94 valence electrons. The number of aliphatic hydroxyl groups excluding tert-OH is 1. The first-order valence-corrected chi connectivity index (χ1v) is 6.34. The predicted molar refractivity (Wildman–Crippen MR) is 66.3 cm³/mol. The molecule has 0 unspecified atom stereocenters. The van der Waals surface area contributed by atoms with Gasteiger partial charge >= 0.3 is 0 Å². The Balaban J connectivity index is 1.89. The molecule has 1 aliphatic carbocycles. The van der Waals surface area contributed by atoms with Crippen LogP contribution in [0.1, 0.15) is 31.7 Å². The third-order valence-corrected chi connectivity index (χ3v) is 3.46. The van der Waals surface area contributed by atoms with Crippen molar-refractivity contribution < 1.29 is 9.50 Å². The number of rotatable bonds is 4. The average molecular weight is 237 g/mol. The third-order valence-electron chi connectivity index (χ3n) is 3.46. The molecule has 3 atom stereocenters. The first-order chi connectivity index (χ1) is 8.16. The zero-order valence-electron chi connectivity index (χ0n) is 10.2.